The lowest BCUT2D eigenvalue weighted by Crippen LogP contribution is -2.52. The number of carbonyl (C=O) groups is 2. The Bertz CT molecular complexity index is 264. The molecule has 5 nitrogen and oxygen atoms in total. The molecule has 0 aromatic carbocycles. The summed E-state index contributed by atoms with van der Waals surface area (Å²) in [6.07, 6.45) is 1.91. The molecule has 1 saturated heterocycles. The SMILES string of the molecule is CCC(C)(CN)C(=O)NC1CCC(=O)NC1. The Hall–Kier alpha value is -1.10. The first kappa shape index (κ1) is 13.0. The maximum Gasteiger partial charge on any atom is 0.227 e. The lowest BCUT2D eigenvalue weighted by atomic mass is 9.86. The van der Waals surface area contributed by atoms with Crippen LogP contribution in [0.5, 0.6) is 0 Å². The van der Waals surface area contributed by atoms with E-state index >= 15 is 0 Å². The van der Waals surface area contributed by atoms with E-state index in [-0.39, 0.29) is 17.9 Å². The fourth-order valence-corrected chi connectivity index (χ4v) is 1.61. The van der Waals surface area contributed by atoms with Gasteiger partial charge in [-0.25, -0.2) is 0 Å². The highest BCUT2D eigenvalue weighted by Gasteiger charge is 2.31. The molecule has 2 atom stereocenters. The maximum absolute atomic E-state index is 12.0. The van der Waals surface area contributed by atoms with Gasteiger partial charge in [0.15, 0.2) is 0 Å². The van der Waals surface area contributed by atoms with Gasteiger partial charge in [-0.15, -0.1) is 0 Å². The maximum atomic E-state index is 12.0. The summed E-state index contributed by atoms with van der Waals surface area (Å²) in [6.45, 7) is 4.68. The van der Waals surface area contributed by atoms with Crippen molar-refractivity contribution in [3.8, 4) is 0 Å². The van der Waals surface area contributed by atoms with Crippen LogP contribution in [0.2, 0.25) is 0 Å². The van der Waals surface area contributed by atoms with Crippen LogP contribution in [-0.4, -0.2) is 30.9 Å². The second kappa shape index (κ2) is 5.30. The van der Waals surface area contributed by atoms with Crippen molar-refractivity contribution < 1.29 is 9.59 Å². The summed E-state index contributed by atoms with van der Waals surface area (Å²) in [6, 6.07) is 0.0441. The minimum Gasteiger partial charge on any atom is -0.354 e. The van der Waals surface area contributed by atoms with Gasteiger partial charge in [-0.2, -0.15) is 0 Å². The van der Waals surface area contributed by atoms with Gasteiger partial charge in [0.2, 0.25) is 11.8 Å². The van der Waals surface area contributed by atoms with Crippen LogP contribution in [0.15, 0.2) is 0 Å². The van der Waals surface area contributed by atoms with E-state index in [1.165, 1.54) is 0 Å². The number of carbonyl (C=O) groups excluding carboxylic acids is 2. The van der Waals surface area contributed by atoms with Crippen molar-refractivity contribution in [2.45, 2.75) is 39.2 Å². The summed E-state index contributed by atoms with van der Waals surface area (Å²) in [7, 11) is 0. The van der Waals surface area contributed by atoms with Crippen molar-refractivity contribution in [3.05, 3.63) is 0 Å². The zero-order valence-electron chi connectivity index (χ0n) is 10.0. The molecule has 2 amide bonds. The van der Waals surface area contributed by atoms with Gasteiger partial charge in [-0.05, 0) is 19.8 Å². The minimum absolute atomic E-state index is 0.0151. The van der Waals surface area contributed by atoms with E-state index in [1.807, 2.05) is 13.8 Å². The Labute approximate surface area is 96.1 Å². The Kier molecular flexibility index (Phi) is 4.29. The highest BCUT2D eigenvalue weighted by Crippen LogP contribution is 2.19. The zero-order chi connectivity index (χ0) is 12.2. The molecule has 1 aliphatic heterocycles. The summed E-state index contributed by atoms with van der Waals surface area (Å²) in [4.78, 5) is 22.9. The number of nitrogens with one attached hydrogen (secondary N) is 2. The normalized spacial score (nSPS) is 24.4. The van der Waals surface area contributed by atoms with Gasteiger partial charge in [0, 0.05) is 25.6 Å². The third-order valence-corrected chi connectivity index (χ3v) is 3.38. The molecule has 0 aliphatic carbocycles. The summed E-state index contributed by atoms with van der Waals surface area (Å²) in [5.41, 5.74) is 5.12. The van der Waals surface area contributed by atoms with Crippen molar-refractivity contribution >= 4 is 11.8 Å². The molecular weight excluding hydrogens is 206 g/mol. The van der Waals surface area contributed by atoms with Gasteiger partial charge in [0.1, 0.15) is 0 Å². The van der Waals surface area contributed by atoms with Gasteiger partial charge in [-0.3, -0.25) is 9.59 Å². The van der Waals surface area contributed by atoms with Gasteiger partial charge in [0.25, 0.3) is 0 Å². The summed E-state index contributed by atoms with van der Waals surface area (Å²) >= 11 is 0. The van der Waals surface area contributed by atoms with Crippen molar-refractivity contribution in [3.63, 3.8) is 0 Å². The molecule has 0 aromatic heterocycles. The van der Waals surface area contributed by atoms with Crippen LogP contribution in [0.1, 0.15) is 33.1 Å². The first-order valence-electron chi connectivity index (χ1n) is 5.79. The first-order chi connectivity index (χ1) is 7.51. The van der Waals surface area contributed by atoms with E-state index in [4.69, 9.17) is 5.73 Å². The largest absolute Gasteiger partial charge is 0.354 e. The molecule has 1 aliphatic rings. The number of hydrogen-bond acceptors (Lipinski definition) is 3. The molecule has 0 saturated carbocycles. The second-order valence-corrected chi connectivity index (χ2v) is 4.63. The quantitative estimate of drug-likeness (QED) is 0.619. The van der Waals surface area contributed by atoms with Gasteiger partial charge >= 0.3 is 0 Å². The molecule has 1 heterocycles. The predicted molar refractivity (Wildman–Crippen MR) is 61.6 cm³/mol. The zero-order valence-corrected chi connectivity index (χ0v) is 10.0. The Morgan fingerprint density at radius 2 is 2.38 bits per heavy atom. The van der Waals surface area contributed by atoms with Crippen LogP contribution in [-0.2, 0) is 9.59 Å². The topological polar surface area (TPSA) is 84.2 Å². The van der Waals surface area contributed by atoms with Crippen molar-refractivity contribution in [2.24, 2.45) is 11.1 Å². The van der Waals surface area contributed by atoms with Crippen LogP contribution in [0, 0.1) is 5.41 Å². The smallest absolute Gasteiger partial charge is 0.227 e. The number of piperidine rings is 1. The Morgan fingerprint density at radius 3 is 2.81 bits per heavy atom. The first-order valence-corrected chi connectivity index (χ1v) is 5.79. The molecule has 92 valence electrons. The van der Waals surface area contributed by atoms with Crippen molar-refractivity contribution in [1.29, 1.82) is 0 Å². The predicted octanol–water partition coefficient (Wildman–Crippen LogP) is -0.244. The van der Waals surface area contributed by atoms with E-state index in [9.17, 15) is 9.59 Å². The van der Waals surface area contributed by atoms with Crippen molar-refractivity contribution in [2.75, 3.05) is 13.1 Å². The monoisotopic (exact) mass is 227 g/mol. The van der Waals surface area contributed by atoms with E-state index in [0.29, 0.717) is 32.4 Å². The van der Waals surface area contributed by atoms with Gasteiger partial charge in [-0.1, -0.05) is 6.92 Å². The van der Waals surface area contributed by atoms with Gasteiger partial charge < -0.3 is 16.4 Å². The minimum atomic E-state index is -0.499. The fourth-order valence-electron chi connectivity index (χ4n) is 1.61. The summed E-state index contributed by atoms with van der Waals surface area (Å²) in [5, 5.41) is 5.69. The molecule has 4 N–H and O–H groups in total. The average molecular weight is 227 g/mol. The number of hydrogen-bond donors (Lipinski definition) is 3. The molecule has 1 fully saturated rings. The number of nitrogens with two attached hydrogens (primary N) is 1. The van der Waals surface area contributed by atoms with E-state index in [1.54, 1.807) is 0 Å². The molecule has 5 heteroatoms. The fraction of sp³-hybridized carbons (Fsp3) is 0.818. The lowest BCUT2D eigenvalue weighted by molar-refractivity contribution is -0.132. The summed E-state index contributed by atoms with van der Waals surface area (Å²) in [5.74, 6) is 0.0428. The third-order valence-electron chi connectivity index (χ3n) is 3.38. The van der Waals surface area contributed by atoms with E-state index in [2.05, 4.69) is 10.6 Å². The Morgan fingerprint density at radius 1 is 1.69 bits per heavy atom. The third kappa shape index (κ3) is 2.95. The summed E-state index contributed by atoms with van der Waals surface area (Å²) < 4.78 is 0. The number of amides is 2. The molecule has 0 aromatic rings. The highest BCUT2D eigenvalue weighted by molar-refractivity contribution is 5.83. The highest BCUT2D eigenvalue weighted by atomic mass is 16.2. The Balaban J connectivity index is 2.48. The van der Waals surface area contributed by atoms with Crippen LogP contribution in [0.25, 0.3) is 0 Å². The van der Waals surface area contributed by atoms with E-state index < -0.39 is 5.41 Å². The molecule has 0 spiro atoms. The van der Waals surface area contributed by atoms with E-state index in [0.717, 1.165) is 0 Å². The van der Waals surface area contributed by atoms with Crippen molar-refractivity contribution in [1.82, 2.24) is 10.6 Å². The molecular formula is C11H21N3O2. The van der Waals surface area contributed by atoms with Gasteiger partial charge in [0.05, 0.1) is 5.41 Å². The molecule has 16 heavy (non-hydrogen) atoms. The lowest BCUT2D eigenvalue weighted by Gasteiger charge is -2.30. The second-order valence-electron chi connectivity index (χ2n) is 4.63. The van der Waals surface area contributed by atoms with Crippen LogP contribution < -0.4 is 16.4 Å². The molecule has 0 bridgehead atoms. The van der Waals surface area contributed by atoms with Crippen LogP contribution >= 0.6 is 0 Å². The average Bonchev–Trinajstić information content (AvgIpc) is 2.31. The molecule has 1 rings (SSSR count). The molecule has 2 unspecified atom stereocenters. The standard InChI is InChI=1S/C11H21N3O2/c1-3-11(2,7-12)10(16)14-8-4-5-9(15)13-6-8/h8H,3-7,12H2,1-2H3,(H,13,15)(H,14,16). The van der Waals surface area contributed by atoms with Crippen LogP contribution in [0.4, 0.5) is 0 Å². The van der Waals surface area contributed by atoms with Crippen LogP contribution in [0.3, 0.4) is 0 Å². The number of rotatable bonds is 4. The molecule has 0 radical (unpaired) electrons.